The van der Waals surface area contributed by atoms with Gasteiger partial charge in [0.15, 0.2) is 0 Å². The number of nitrogens with one attached hydrogen (secondary N) is 3. The molecular formula is C16H20N6O2. The average Bonchev–Trinajstić information content (AvgIpc) is 3.09. The molecule has 2 saturated heterocycles. The molecule has 2 aromatic rings. The van der Waals surface area contributed by atoms with E-state index in [1.54, 1.807) is 0 Å². The maximum absolute atomic E-state index is 7.56. The molecule has 8 heteroatoms. The Morgan fingerprint density at radius 2 is 2.12 bits per heavy atom. The summed E-state index contributed by atoms with van der Waals surface area (Å²) in [6.45, 7) is 4.98. The van der Waals surface area contributed by atoms with Gasteiger partial charge in [0.2, 0.25) is 0 Å². The van der Waals surface area contributed by atoms with E-state index in [1.807, 2.05) is 18.2 Å². The first kappa shape index (κ1) is 15.1. The van der Waals surface area contributed by atoms with Crippen LogP contribution in [0.2, 0.25) is 0 Å². The number of hydrogen-bond donors (Lipinski definition) is 3. The van der Waals surface area contributed by atoms with Gasteiger partial charge in [0.05, 0.1) is 19.3 Å². The largest absolute Gasteiger partial charge is 0.377 e. The number of ether oxygens (including phenoxy) is 1. The van der Waals surface area contributed by atoms with Gasteiger partial charge < -0.3 is 30.2 Å². The number of piperazine rings is 1. The number of nitrogens with zero attached hydrogens (tertiary/aromatic N) is 3. The van der Waals surface area contributed by atoms with Crippen molar-refractivity contribution >= 4 is 17.9 Å². The fraction of sp³-hybridized carbons (Fsp3) is 0.438. The second-order valence-electron chi connectivity index (χ2n) is 5.96. The highest BCUT2D eigenvalue weighted by atomic mass is 16.5. The van der Waals surface area contributed by atoms with Crippen LogP contribution in [0.1, 0.15) is 5.56 Å². The Hall–Kier alpha value is -2.45. The summed E-state index contributed by atoms with van der Waals surface area (Å²) in [5, 5.41) is 18.4. The Bertz CT molecular complexity index is 721. The molecule has 24 heavy (non-hydrogen) atoms. The lowest BCUT2D eigenvalue weighted by molar-refractivity contribution is 0.0211. The molecular weight excluding hydrogens is 308 g/mol. The summed E-state index contributed by atoms with van der Waals surface area (Å²) < 4.78 is 10.6. The van der Waals surface area contributed by atoms with Crippen molar-refractivity contribution in [2.45, 2.75) is 6.04 Å². The standard InChI is InChI=1S/C16H20N6O2/c17-8-12-2-1-11(7-14(12)19-13-9-23-10-13)15-20-16(21-24-15)22-5-3-18-4-6-22/h1-2,7-8,13,17-19H,3-6,9-10H2. The van der Waals surface area contributed by atoms with E-state index in [9.17, 15) is 0 Å². The molecule has 0 radical (unpaired) electrons. The van der Waals surface area contributed by atoms with Crippen LogP contribution in [0.5, 0.6) is 0 Å². The quantitative estimate of drug-likeness (QED) is 0.703. The van der Waals surface area contributed by atoms with Crippen molar-refractivity contribution in [2.24, 2.45) is 0 Å². The molecule has 3 N–H and O–H groups in total. The minimum Gasteiger partial charge on any atom is -0.377 e. The van der Waals surface area contributed by atoms with Gasteiger partial charge in [0.1, 0.15) is 0 Å². The third kappa shape index (κ3) is 2.98. The van der Waals surface area contributed by atoms with Crippen molar-refractivity contribution in [3.8, 4) is 11.5 Å². The predicted octanol–water partition coefficient (Wildman–Crippen LogP) is 0.955. The Labute approximate surface area is 139 Å². The minimum absolute atomic E-state index is 0.290. The summed E-state index contributed by atoms with van der Waals surface area (Å²) in [5.74, 6) is 1.12. The van der Waals surface area contributed by atoms with E-state index in [0.29, 0.717) is 25.1 Å². The predicted molar refractivity (Wildman–Crippen MR) is 90.9 cm³/mol. The van der Waals surface area contributed by atoms with Crippen molar-refractivity contribution in [3.05, 3.63) is 23.8 Å². The fourth-order valence-electron chi connectivity index (χ4n) is 2.81. The number of anilines is 2. The highest BCUT2D eigenvalue weighted by Gasteiger charge is 2.21. The molecule has 0 unspecified atom stereocenters. The summed E-state index contributed by atoms with van der Waals surface area (Å²) in [7, 11) is 0. The van der Waals surface area contributed by atoms with Crippen LogP contribution in [0.25, 0.3) is 11.5 Å². The van der Waals surface area contributed by atoms with Crippen molar-refractivity contribution in [3.63, 3.8) is 0 Å². The Morgan fingerprint density at radius 3 is 2.83 bits per heavy atom. The SMILES string of the molecule is N=Cc1ccc(-c2nc(N3CCNCC3)no2)cc1NC1COC1. The van der Waals surface area contributed by atoms with Gasteiger partial charge in [-0.2, -0.15) is 4.98 Å². The zero-order chi connectivity index (χ0) is 16.4. The molecule has 1 aromatic carbocycles. The van der Waals surface area contributed by atoms with Gasteiger partial charge in [-0.05, 0) is 17.3 Å². The van der Waals surface area contributed by atoms with Gasteiger partial charge in [-0.3, -0.25) is 0 Å². The maximum Gasteiger partial charge on any atom is 0.266 e. The summed E-state index contributed by atoms with van der Waals surface area (Å²) in [6.07, 6.45) is 1.34. The molecule has 0 saturated carbocycles. The van der Waals surface area contributed by atoms with Gasteiger partial charge in [-0.1, -0.05) is 6.07 Å². The normalized spacial score (nSPS) is 18.2. The van der Waals surface area contributed by atoms with E-state index in [4.69, 9.17) is 14.7 Å². The smallest absolute Gasteiger partial charge is 0.266 e. The highest BCUT2D eigenvalue weighted by Crippen LogP contribution is 2.26. The molecule has 126 valence electrons. The maximum atomic E-state index is 7.56. The summed E-state index contributed by atoms with van der Waals surface area (Å²) in [4.78, 5) is 6.64. The first-order valence-electron chi connectivity index (χ1n) is 8.12. The van der Waals surface area contributed by atoms with E-state index in [1.165, 1.54) is 6.21 Å². The molecule has 2 aliphatic rings. The van der Waals surface area contributed by atoms with E-state index in [-0.39, 0.29) is 6.04 Å². The molecule has 0 atom stereocenters. The van der Waals surface area contributed by atoms with Gasteiger partial charge in [0.25, 0.3) is 11.8 Å². The number of hydrogen-bond acceptors (Lipinski definition) is 8. The van der Waals surface area contributed by atoms with Crippen molar-refractivity contribution in [1.82, 2.24) is 15.5 Å². The van der Waals surface area contributed by atoms with E-state index in [0.717, 1.165) is 43.0 Å². The topological polar surface area (TPSA) is 99.3 Å². The zero-order valence-electron chi connectivity index (χ0n) is 13.3. The Balaban J connectivity index is 1.57. The van der Waals surface area contributed by atoms with Crippen molar-refractivity contribution in [1.29, 1.82) is 5.41 Å². The molecule has 0 bridgehead atoms. The molecule has 8 nitrogen and oxygen atoms in total. The van der Waals surface area contributed by atoms with E-state index < -0.39 is 0 Å². The van der Waals surface area contributed by atoms with Crippen LogP contribution in [-0.2, 0) is 4.74 Å². The van der Waals surface area contributed by atoms with Gasteiger partial charge in [-0.15, -0.1) is 0 Å². The summed E-state index contributed by atoms with van der Waals surface area (Å²) in [6, 6.07) is 6.03. The van der Waals surface area contributed by atoms with Crippen LogP contribution in [0.15, 0.2) is 22.7 Å². The first-order chi connectivity index (χ1) is 11.8. The Kier molecular flexibility index (Phi) is 4.14. The number of benzene rings is 1. The fourth-order valence-corrected chi connectivity index (χ4v) is 2.81. The van der Waals surface area contributed by atoms with Crippen LogP contribution in [0, 0.1) is 5.41 Å². The van der Waals surface area contributed by atoms with Crippen LogP contribution in [0.3, 0.4) is 0 Å². The van der Waals surface area contributed by atoms with Crippen LogP contribution in [-0.4, -0.2) is 61.8 Å². The molecule has 4 rings (SSSR count). The molecule has 3 heterocycles. The van der Waals surface area contributed by atoms with Gasteiger partial charge in [-0.25, -0.2) is 0 Å². The molecule has 2 fully saturated rings. The van der Waals surface area contributed by atoms with Crippen LogP contribution >= 0.6 is 0 Å². The number of aromatic nitrogens is 2. The lowest BCUT2D eigenvalue weighted by Crippen LogP contribution is -2.44. The lowest BCUT2D eigenvalue weighted by Gasteiger charge is -2.28. The lowest BCUT2D eigenvalue weighted by atomic mass is 10.1. The minimum atomic E-state index is 0.290. The zero-order valence-corrected chi connectivity index (χ0v) is 13.3. The third-order valence-corrected chi connectivity index (χ3v) is 4.27. The van der Waals surface area contributed by atoms with Crippen LogP contribution in [0.4, 0.5) is 11.6 Å². The molecule has 2 aliphatic heterocycles. The van der Waals surface area contributed by atoms with Gasteiger partial charge in [0, 0.05) is 49.2 Å². The highest BCUT2D eigenvalue weighted by molar-refractivity contribution is 5.87. The molecule has 0 aliphatic carbocycles. The summed E-state index contributed by atoms with van der Waals surface area (Å²) >= 11 is 0. The van der Waals surface area contributed by atoms with Crippen molar-refractivity contribution < 1.29 is 9.26 Å². The second kappa shape index (κ2) is 6.58. The second-order valence-corrected chi connectivity index (χ2v) is 5.96. The molecule has 0 spiro atoms. The van der Waals surface area contributed by atoms with E-state index in [2.05, 4.69) is 25.7 Å². The van der Waals surface area contributed by atoms with E-state index >= 15 is 0 Å². The number of rotatable bonds is 5. The summed E-state index contributed by atoms with van der Waals surface area (Å²) in [5.41, 5.74) is 2.56. The monoisotopic (exact) mass is 328 g/mol. The van der Waals surface area contributed by atoms with Crippen molar-refractivity contribution in [2.75, 3.05) is 49.6 Å². The average molecular weight is 328 g/mol. The molecule has 0 amide bonds. The molecule has 1 aromatic heterocycles. The van der Waals surface area contributed by atoms with Crippen LogP contribution < -0.4 is 15.5 Å². The first-order valence-corrected chi connectivity index (χ1v) is 8.12. The third-order valence-electron chi connectivity index (χ3n) is 4.27. The Morgan fingerprint density at radius 1 is 1.29 bits per heavy atom. The van der Waals surface area contributed by atoms with Gasteiger partial charge >= 0.3 is 0 Å².